The lowest BCUT2D eigenvalue weighted by Gasteiger charge is -2.30. The molecule has 0 spiro atoms. The predicted molar refractivity (Wildman–Crippen MR) is 88.5 cm³/mol. The van der Waals surface area contributed by atoms with Crippen molar-refractivity contribution in [2.45, 2.75) is 19.6 Å². The van der Waals surface area contributed by atoms with Crippen LogP contribution in [0.1, 0.15) is 18.1 Å². The number of nitriles is 1. The van der Waals surface area contributed by atoms with E-state index in [9.17, 15) is 0 Å². The molecule has 0 radical (unpaired) electrons. The molecule has 4 nitrogen and oxygen atoms in total. The summed E-state index contributed by atoms with van der Waals surface area (Å²) in [7, 11) is 0. The van der Waals surface area contributed by atoms with Crippen LogP contribution in [-0.2, 0) is 6.54 Å². The van der Waals surface area contributed by atoms with Crippen LogP contribution in [0.25, 0.3) is 0 Å². The van der Waals surface area contributed by atoms with E-state index in [0.29, 0.717) is 12.2 Å². The maximum Gasteiger partial charge on any atom is 0.161 e. The van der Waals surface area contributed by atoms with Gasteiger partial charge in [0.05, 0.1) is 11.6 Å². The third-order valence-corrected chi connectivity index (χ3v) is 3.94. The average molecular weight is 308 g/mol. The zero-order chi connectivity index (χ0) is 16.1. The molecule has 1 heterocycles. The molecule has 4 heteroatoms. The van der Waals surface area contributed by atoms with Crippen molar-refractivity contribution in [3.63, 3.8) is 0 Å². The molecule has 23 heavy (non-hydrogen) atoms. The van der Waals surface area contributed by atoms with E-state index in [1.54, 1.807) is 0 Å². The zero-order valence-electron chi connectivity index (χ0n) is 13.2. The quantitative estimate of drug-likeness (QED) is 0.851. The Hall–Kier alpha value is -2.51. The molecule has 0 fully saturated rings. The zero-order valence-corrected chi connectivity index (χ0v) is 13.2. The lowest BCUT2D eigenvalue weighted by Crippen LogP contribution is -2.40. The molecule has 0 bridgehead atoms. The number of rotatable bonds is 5. The van der Waals surface area contributed by atoms with Crippen LogP contribution in [0.2, 0.25) is 0 Å². The predicted octanol–water partition coefficient (Wildman–Crippen LogP) is 3.22. The van der Waals surface area contributed by atoms with E-state index in [0.717, 1.165) is 36.7 Å². The van der Waals surface area contributed by atoms with Crippen molar-refractivity contribution in [3.05, 3.63) is 59.7 Å². The van der Waals surface area contributed by atoms with Gasteiger partial charge in [0.1, 0.15) is 12.7 Å². The van der Waals surface area contributed by atoms with Gasteiger partial charge >= 0.3 is 0 Å². The number of ether oxygens (including phenoxy) is 2. The second-order valence-corrected chi connectivity index (χ2v) is 5.64. The summed E-state index contributed by atoms with van der Waals surface area (Å²) in [6, 6.07) is 17.7. The summed E-state index contributed by atoms with van der Waals surface area (Å²) in [6.07, 6.45) is 0.0176. The summed E-state index contributed by atoms with van der Waals surface area (Å²) in [5.41, 5.74) is 1.84. The molecule has 0 N–H and O–H groups in total. The fourth-order valence-corrected chi connectivity index (χ4v) is 2.74. The summed E-state index contributed by atoms with van der Waals surface area (Å²) in [6.45, 7) is 5.20. The maximum absolute atomic E-state index is 9.01. The Morgan fingerprint density at radius 2 is 2.00 bits per heavy atom. The topological polar surface area (TPSA) is 45.5 Å². The molecule has 1 aliphatic heterocycles. The second kappa shape index (κ2) is 7.17. The number of nitrogens with zero attached hydrogens (tertiary/aromatic N) is 2. The van der Waals surface area contributed by atoms with Gasteiger partial charge in [0.2, 0.25) is 0 Å². The van der Waals surface area contributed by atoms with Crippen LogP contribution in [0.4, 0.5) is 0 Å². The molecule has 2 aromatic carbocycles. The lowest BCUT2D eigenvalue weighted by molar-refractivity contribution is 0.0580. The van der Waals surface area contributed by atoms with E-state index in [1.165, 1.54) is 0 Å². The number of hydrogen-bond acceptors (Lipinski definition) is 4. The molecular weight excluding hydrogens is 288 g/mol. The van der Waals surface area contributed by atoms with E-state index in [4.69, 9.17) is 14.7 Å². The lowest BCUT2D eigenvalue weighted by atomic mass is 10.1. The first-order valence-corrected chi connectivity index (χ1v) is 7.88. The van der Waals surface area contributed by atoms with Crippen molar-refractivity contribution >= 4 is 0 Å². The molecule has 1 aliphatic rings. The van der Waals surface area contributed by atoms with Crippen molar-refractivity contribution in [1.29, 1.82) is 5.26 Å². The van der Waals surface area contributed by atoms with E-state index in [-0.39, 0.29) is 6.10 Å². The molecule has 0 amide bonds. The van der Waals surface area contributed by atoms with Gasteiger partial charge in [-0.15, -0.1) is 0 Å². The van der Waals surface area contributed by atoms with E-state index in [2.05, 4.69) is 24.0 Å². The van der Waals surface area contributed by atoms with Crippen LogP contribution < -0.4 is 9.47 Å². The monoisotopic (exact) mass is 308 g/mol. The maximum atomic E-state index is 9.01. The second-order valence-electron chi connectivity index (χ2n) is 5.64. The summed E-state index contributed by atoms with van der Waals surface area (Å²) in [5, 5.41) is 9.01. The van der Waals surface area contributed by atoms with Crippen LogP contribution in [0.15, 0.2) is 48.5 Å². The van der Waals surface area contributed by atoms with E-state index >= 15 is 0 Å². The molecule has 0 saturated carbocycles. The third kappa shape index (κ3) is 3.82. The Kier molecular flexibility index (Phi) is 4.80. The van der Waals surface area contributed by atoms with Gasteiger partial charge in [-0.1, -0.05) is 31.2 Å². The Morgan fingerprint density at radius 1 is 1.17 bits per heavy atom. The van der Waals surface area contributed by atoms with E-state index in [1.807, 2.05) is 42.5 Å². The van der Waals surface area contributed by atoms with Crippen molar-refractivity contribution < 1.29 is 9.47 Å². The van der Waals surface area contributed by atoms with Gasteiger partial charge in [-0.25, -0.2) is 0 Å². The minimum atomic E-state index is 0.0176. The highest BCUT2D eigenvalue weighted by Gasteiger charge is 2.22. The van der Waals surface area contributed by atoms with E-state index < -0.39 is 0 Å². The number of hydrogen-bond donors (Lipinski definition) is 0. The van der Waals surface area contributed by atoms with Gasteiger partial charge in [0.15, 0.2) is 11.5 Å². The first-order valence-electron chi connectivity index (χ1n) is 7.88. The smallest absolute Gasteiger partial charge is 0.161 e. The standard InChI is InChI=1S/C19H20N2O2/c1-2-21(12-16-7-5-6-15(10-16)11-20)13-17-14-22-18-8-3-4-9-19(18)23-17/h3-10,17H,2,12-14H2,1H3/t17-/m0/s1. The van der Waals surface area contributed by atoms with Crippen LogP contribution in [-0.4, -0.2) is 30.7 Å². The van der Waals surface area contributed by atoms with Crippen molar-refractivity contribution in [1.82, 2.24) is 4.90 Å². The largest absolute Gasteiger partial charge is 0.486 e. The van der Waals surface area contributed by atoms with Gasteiger partial charge in [-0.05, 0) is 36.4 Å². The summed E-state index contributed by atoms with van der Waals surface area (Å²) in [4.78, 5) is 2.30. The number of fused-ring (bicyclic) bond motifs is 1. The molecule has 0 unspecified atom stereocenters. The summed E-state index contributed by atoms with van der Waals surface area (Å²) < 4.78 is 11.8. The number of para-hydroxylation sites is 2. The SMILES string of the molecule is CCN(Cc1cccc(C#N)c1)C[C@H]1COc2ccccc2O1. The van der Waals surface area contributed by atoms with Crippen LogP contribution in [0, 0.1) is 11.3 Å². The van der Waals surface area contributed by atoms with Crippen LogP contribution in [0.5, 0.6) is 11.5 Å². The molecule has 0 aromatic heterocycles. The Labute approximate surface area is 136 Å². The Balaban J connectivity index is 1.63. The minimum absolute atomic E-state index is 0.0176. The average Bonchev–Trinajstić information content (AvgIpc) is 2.61. The van der Waals surface area contributed by atoms with Gasteiger partial charge in [-0.2, -0.15) is 5.26 Å². The first-order chi connectivity index (χ1) is 11.3. The first kappa shape index (κ1) is 15.4. The highest BCUT2D eigenvalue weighted by molar-refractivity contribution is 5.40. The molecule has 2 aromatic rings. The molecule has 118 valence electrons. The van der Waals surface area contributed by atoms with Crippen molar-refractivity contribution in [2.24, 2.45) is 0 Å². The Bertz CT molecular complexity index is 709. The van der Waals surface area contributed by atoms with Crippen molar-refractivity contribution in [3.8, 4) is 17.6 Å². The molecule has 0 saturated heterocycles. The number of benzene rings is 2. The normalized spacial score (nSPS) is 16.1. The van der Waals surface area contributed by atoms with Crippen LogP contribution in [0.3, 0.4) is 0 Å². The number of likely N-dealkylation sites (N-methyl/N-ethyl adjacent to an activating group) is 1. The summed E-state index contributed by atoms with van der Waals surface area (Å²) in [5.74, 6) is 1.62. The van der Waals surface area contributed by atoms with Crippen LogP contribution >= 0.6 is 0 Å². The van der Waals surface area contributed by atoms with Gasteiger partial charge in [0.25, 0.3) is 0 Å². The third-order valence-electron chi connectivity index (χ3n) is 3.94. The fourth-order valence-electron chi connectivity index (χ4n) is 2.74. The van der Waals surface area contributed by atoms with Crippen molar-refractivity contribution in [2.75, 3.05) is 19.7 Å². The molecule has 1 atom stereocenters. The fraction of sp³-hybridized carbons (Fsp3) is 0.316. The Morgan fingerprint density at radius 3 is 2.78 bits per heavy atom. The minimum Gasteiger partial charge on any atom is -0.486 e. The molecule has 3 rings (SSSR count). The summed E-state index contributed by atoms with van der Waals surface area (Å²) >= 11 is 0. The van der Waals surface area contributed by atoms with Gasteiger partial charge in [-0.3, -0.25) is 4.90 Å². The highest BCUT2D eigenvalue weighted by atomic mass is 16.6. The van der Waals surface area contributed by atoms with Gasteiger partial charge < -0.3 is 9.47 Å². The highest BCUT2D eigenvalue weighted by Crippen LogP contribution is 2.31. The van der Waals surface area contributed by atoms with Gasteiger partial charge in [0, 0.05) is 13.1 Å². The molecular formula is C19H20N2O2. The molecule has 0 aliphatic carbocycles.